The summed E-state index contributed by atoms with van der Waals surface area (Å²) in [5.74, 6) is -0.828. The molecule has 1 amide bonds. The summed E-state index contributed by atoms with van der Waals surface area (Å²) < 4.78 is 0. The fourth-order valence-corrected chi connectivity index (χ4v) is 3.28. The summed E-state index contributed by atoms with van der Waals surface area (Å²) in [5, 5.41) is 3.06. The zero-order chi connectivity index (χ0) is 20.8. The summed E-state index contributed by atoms with van der Waals surface area (Å²) in [6.45, 7) is 6.65. The van der Waals surface area contributed by atoms with Crippen LogP contribution in [0.4, 0.5) is 5.69 Å². The van der Waals surface area contributed by atoms with Crippen molar-refractivity contribution in [1.82, 2.24) is 0 Å². The third kappa shape index (κ3) is 4.52. The fourth-order valence-electron chi connectivity index (χ4n) is 3.28. The van der Waals surface area contributed by atoms with E-state index in [1.54, 1.807) is 12.1 Å². The normalized spacial score (nSPS) is 11.6. The Morgan fingerprint density at radius 2 is 1.82 bits per heavy atom. The van der Waals surface area contributed by atoms with Crippen LogP contribution in [-0.2, 0) is 16.1 Å². The fraction of sp³-hybridized carbons (Fsp3) is 0.273. The molecule has 0 bridgehead atoms. The van der Waals surface area contributed by atoms with E-state index in [1.165, 1.54) is 11.1 Å². The number of rotatable bonds is 8. The van der Waals surface area contributed by atoms with E-state index in [2.05, 4.69) is 37.2 Å². The Kier molecular flexibility index (Phi) is 6.82. The molecule has 2 aromatic rings. The van der Waals surface area contributed by atoms with Crippen LogP contribution in [0.5, 0.6) is 0 Å². The minimum absolute atomic E-state index is 0.0866. The molecule has 0 saturated carbocycles. The van der Waals surface area contributed by atoms with E-state index in [9.17, 15) is 14.5 Å². The van der Waals surface area contributed by atoms with E-state index in [0.29, 0.717) is 18.4 Å². The molecule has 2 N–H and O–H groups in total. The highest BCUT2D eigenvalue weighted by molar-refractivity contribution is 6.03. The molecule has 6 heteroatoms. The van der Waals surface area contributed by atoms with Crippen molar-refractivity contribution in [3.8, 4) is 0 Å². The molecule has 6 nitrogen and oxygen atoms in total. The average Bonchev–Trinajstić information content (AvgIpc) is 2.64. The lowest BCUT2D eigenvalue weighted by Crippen LogP contribution is -2.20. The molecule has 0 aliphatic rings. The number of nitrogens with two attached hydrogens (primary N) is 1. The van der Waals surface area contributed by atoms with Crippen LogP contribution in [0.25, 0.3) is 5.70 Å². The lowest BCUT2D eigenvalue weighted by atomic mass is 9.98. The molecular weight excluding hydrogens is 354 g/mol. The van der Waals surface area contributed by atoms with Gasteiger partial charge >= 0.3 is 0 Å². The predicted octanol–water partition coefficient (Wildman–Crippen LogP) is 3.80. The van der Waals surface area contributed by atoms with Gasteiger partial charge in [-0.25, -0.2) is 0 Å². The van der Waals surface area contributed by atoms with E-state index in [1.807, 2.05) is 24.9 Å². The summed E-state index contributed by atoms with van der Waals surface area (Å²) >= 11 is 0. The topological polar surface area (TPSA) is 92.8 Å². The second-order valence-corrected chi connectivity index (χ2v) is 6.90. The van der Waals surface area contributed by atoms with Crippen LogP contribution in [0.2, 0.25) is 0 Å². The molecule has 0 spiro atoms. The van der Waals surface area contributed by atoms with E-state index in [0.717, 1.165) is 16.8 Å². The van der Waals surface area contributed by atoms with Crippen molar-refractivity contribution in [2.45, 2.75) is 33.7 Å². The van der Waals surface area contributed by atoms with E-state index < -0.39 is 5.91 Å². The van der Waals surface area contributed by atoms with Crippen molar-refractivity contribution in [2.24, 2.45) is 10.9 Å². The maximum atomic E-state index is 11.8. The zero-order valence-corrected chi connectivity index (χ0v) is 16.7. The average molecular weight is 379 g/mol. The molecule has 2 rings (SSSR count). The Morgan fingerprint density at radius 1 is 1.11 bits per heavy atom. The molecule has 2 aromatic carbocycles. The number of carbonyl (C=O) groups is 2. The van der Waals surface area contributed by atoms with Gasteiger partial charge in [0.2, 0.25) is 5.91 Å². The Hall–Kier alpha value is -3.28. The number of anilines is 1. The van der Waals surface area contributed by atoms with Crippen LogP contribution >= 0.6 is 0 Å². The maximum absolute atomic E-state index is 11.8. The molecule has 0 aromatic heterocycles. The standard InChI is InChI=1S/C22H25N3O3/c1-14-8-9-17(12-16(14)3)13-25(4)21-15(2)6-5-7-18(21)20(24-28)19(10-11-26)22(23)27/h5-9,11-12H,10,13H2,1-4H3,(H2,23,27)/b20-19-. The molecule has 0 heterocycles. The molecule has 146 valence electrons. The van der Waals surface area contributed by atoms with E-state index in [4.69, 9.17) is 5.73 Å². The lowest BCUT2D eigenvalue weighted by Gasteiger charge is -2.25. The van der Waals surface area contributed by atoms with Crippen molar-refractivity contribution in [2.75, 3.05) is 11.9 Å². The summed E-state index contributed by atoms with van der Waals surface area (Å²) in [6, 6.07) is 11.7. The Labute approximate surface area is 165 Å². The SMILES string of the molecule is Cc1ccc(CN(C)c2c(C)cccc2/C(N=O)=C(\CC=O)C(N)=O)cc1C. The van der Waals surface area contributed by atoms with Gasteiger partial charge in [-0.3, -0.25) is 4.79 Å². The van der Waals surface area contributed by atoms with Gasteiger partial charge in [0.05, 0.1) is 5.57 Å². The van der Waals surface area contributed by atoms with Gasteiger partial charge in [0.1, 0.15) is 12.0 Å². The third-order valence-corrected chi connectivity index (χ3v) is 4.83. The van der Waals surface area contributed by atoms with Crippen molar-refractivity contribution in [3.63, 3.8) is 0 Å². The number of carbonyl (C=O) groups excluding carboxylic acids is 2. The van der Waals surface area contributed by atoms with E-state index in [-0.39, 0.29) is 17.7 Å². The lowest BCUT2D eigenvalue weighted by molar-refractivity contribution is -0.116. The predicted molar refractivity (Wildman–Crippen MR) is 112 cm³/mol. The van der Waals surface area contributed by atoms with Crippen LogP contribution < -0.4 is 10.6 Å². The number of hydrogen-bond acceptors (Lipinski definition) is 5. The number of amides is 1. The van der Waals surface area contributed by atoms with Crippen LogP contribution in [-0.4, -0.2) is 19.2 Å². The molecule has 28 heavy (non-hydrogen) atoms. The van der Waals surface area contributed by atoms with Gasteiger partial charge in [-0.1, -0.05) is 36.4 Å². The number of aldehydes is 1. The first kappa shape index (κ1) is 21.0. The summed E-state index contributed by atoms with van der Waals surface area (Å²) in [7, 11) is 1.91. The van der Waals surface area contributed by atoms with Gasteiger partial charge in [-0.05, 0) is 48.2 Å². The molecule has 0 unspecified atom stereocenters. The van der Waals surface area contributed by atoms with Crippen molar-refractivity contribution >= 4 is 23.6 Å². The third-order valence-electron chi connectivity index (χ3n) is 4.83. The molecular formula is C22H25N3O3. The largest absolute Gasteiger partial charge is 0.370 e. The van der Waals surface area contributed by atoms with Gasteiger partial charge in [-0.2, -0.15) is 0 Å². The highest BCUT2D eigenvalue weighted by atomic mass is 16.3. The second kappa shape index (κ2) is 9.08. The summed E-state index contributed by atoms with van der Waals surface area (Å²) in [5.41, 5.74) is 10.9. The van der Waals surface area contributed by atoms with Crippen molar-refractivity contribution < 1.29 is 9.59 Å². The molecule has 0 aliphatic carbocycles. The Bertz CT molecular complexity index is 948. The first-order chi connectivity index (χ1) is 13.3. The number of para-hydroxylation sites is 1. The number of aryl methyl sites for hydroxylation is 3. The maximum Gasteiger partial charge on any atom is 0.247 e. The first-order valence-electron chi connectivity index (χ1n) is 8.97. The van der Waals surface area contributed by atoms with Gasteiger partial charge in [-0.15, -0.1) is 4.91 Å². The van der Waals surface area contributed by atoms with Crippen LogP contribution in [0.3, 0.4) is 0 Å². The van der Waals surface area contributed by atoms with Crippen molar-refractivity contribution in [3.05, 3.63) is 74.7 Å². The van der Waals surface area contributed by atoms with Gasteiger partial charge < -0.3 is 15.4 Å². The van der Waals surface area contributed by atoms with Crippen LogP contribution in [0, 0.1) is 25.7 Å². The van der Waals surface area contributed by atoms with E-state index >= 15 is 0 Å². The highest BCUT2D eigenvalue weighted by Gasteiger charge is 2.21. The number of primary amides is 1. The van der Waals surface area contributed by atoms with Crippen LogP contribution in [0.1, 0.15) is 34.2 Å². The monoisotopic (exact) mass is 379 g/mol. The quantitative estimate of drug-likeness (QED) is 0.429. The number of nitrogens with zero attached hydrogens (tertiary/aromatic N) is 2. The molecule has 0 aliphatic heterocycles. The Balaban J connectivity index is 2.57. The second-order valence-electron chi connectivity index (χ2n) is 6.90. The minimum atomic E-state index is -0.828. The number of nitroso groups, excluding NO2 is 1. The molecule has 0 saturated heterocycles. The van der Waals surface area contributed by atoms with Crippen LogP contribution in [0.15, 0.2) is 47.1 Å². The summed E-state index contributed by atoms with van der Waals surface area (Å²) in [6.07, 6.45) is 0.282. The number of hydrogen-bond donors (Lipinski definition) is 1. The van der Waals surface area contributed by atoms with Gasteiger partial charge in [0, 0.05) is 31.3 Å². The minimum Gasteiger partial charge on any atom is -0.370 e. The Morgan fingerprint density at radius 3 is 2.39 bits per heavy atom. The van der Waals surface area contributed by atoms with Gasteiger partial charge in [0.25, 0.3) is 0 Å². The number of benzene rings is 2. The molecule has 0 atom stereocenters. The van der Waals surface area contributed by atoms with Gasteiger partial charge in [0.15, 0.2) is 0 Å². The molecule has 0 fully saturated rings. The van der Waals surface area contributed by atoms with Crippen molar-refractivity contribution in [1.29, 1.82) is 0 Å². The zero-order valence-electron chi connectivity index (χ0n) is 16.7. The first-order valence-corrected chi connectivity index (χ1v) is 8.97. The molecule has 0 radical (unpaired) electrons. The summed E-state index contributed by atoms with van der Waals surface area (Å²) in [4.78, 5) is 36.3. The highest BCUT2D eigenvalue weighted by Crippen LogP contribution is 2.34. The smallest absolute Gasteiger partial charge is 0.247 e.